The third-order valence-electron chi connectivity index (χ3n) is 5.63. The van der Waals surface area contributed by atoms with E-state index in [1.165, 1.54) is 0 Å². The predicted molar refractivity (Wildman–Crippen MR) is 119 cm³/mol. The van der Waals surface area contributed by atoms with Crippen molar-refractivity contribution in [1.29, 1.82) is 0 Å². The van der Waals surface area contributed by atoms with Gasteiger partial charge in [-0.3, -0.25) is 9.59 Å². The molecule has 1 heterocycles. The number of fused-ring (bicyclic) bond motifs is 1. The number of nitrogens with zero attached hydrogens (tertiary/aromatic N) is 1. The van der Waals surface area contributed by atoms with E-state index >= 15 is 0 Å². The number of amides is 2. The van der Waals surface area contributed by atoms with Gasteiger partial charge in [0.2, 0.25) is 0 Å². The van der Waals surface area contributed by atoms with Crippen molar-refractivity contribution in [3.63, 3.8) is 0 Å². The lowest BCUT2D eigenvalue weighted by Gasteiger charge is -2.21. The van der Waals surface area contributed by atoms with Crippen LogP contribution in [0.5, 0.6) is 17.2 Å². The minimum absolute atomic E-state index is 0.00978. The van der Waals surface area contributed by atoms with Gasteiger partial charge in [0, 0.05) is 37.3 Å². The summed E-state index contributed by atoms with van der Waals surface area (Å²) in [6.45, 7) is 2.47. The fourth-order valence-corrected chi connectivity index (χ4v) is 3.83. The largest absolute Gasteiger partial charge is 0.507 e. The van der Waals surface area contributed by atoms with Crippen LogP contribution in [0.1, 0.15) is 43.0 Å². The average molecular weight is 432 g/mol. The lowest BCUT2D eigenvalue weighted by atomic mass is 10.1. The molecule has 164 valence electrons. The third kappa shape index (κ3) is 3.97. The van der Waals surface area contributed by atoms with Crippen molar-refractivity contribution in [3.05, 3.63) is 88.0 Å². The number of benzene rings is 3. The van der Waals surface area contributed by atoms with Crippen LogP contribution in [0.2, 0.25) is 0 Å². The molecule has 1 aliphatic rings. The molecule has 7 heteroatoms. The summed E-state index contributed by atoms with van der Waals surface area (Å²) in [6.07, 6.45) is 0. The number of carbonyl (C=O) groups excluding carboxylic acids is 2. The number of rotatable bonds is 5. The van der Waals surface area contributed by atoms with Crippen LogP contribution < -0.4 is 10.1 Å². The average Bonchev–Trinajstić information content (AvgIpc) is 3.23. The maximum atomic E-state index is 13.4. The first kappa shape index (κ1) is 21.2. The van der Waals surface area contributed by atoms with E-state index < -0.39 is 5.91 Å². The van der Waals surface area contributed by atoms with E-state index in [9.17, 15) is 19.8 Å². The first-order valence-electron chi connectivity index (χ1n) is 10.2. The monoisotopic (exact) mass is 432 g/mol. The van der Waals surface area contributed by atoms with Crippen LogP contribution in [0.3, 0.4) is 0 Å². The normalized spacial score (nSPS) is 12.4. The Bertz CT molecular complexity index is 1190. The Morgan fingerprint density at radius 2 is 1.72 bits per heavy atom. The highest BCUT2D eigenvalue weighted by atomic mass is 16.5. The Labute approximate surface area is 185 Å². The van der Waals surface area contributed by atoms with Gasteiger partial charge in [-0.2, -0.15) is 0 Å². The summed E-state index contributed by atoms with van der Waals surface area (Å²) in [4.78, 5) is 26.9. The van der Waals surface area contributed by atoms with Crippen LogP contribution in [0, 0.1) is 6.92 Å². The number of phenols is 2. The molecule has 32 heavy (non-hydrogen) atoms. The molecule has 0 radical (unpaired) electrons. The Kier molecular flexibility index (Phi) is 5.73. The lowest BCUT2D eigenvalue weighted by molar-refractivity contribution is 0.0742. The van der Waals surface area contributed by atoms with Crippen LogP contribution in [0.15, 0.2) is 54.6 Å². The first-order chi connectivity index (χ1) is 15.4. The second-order valence-electron chi connectivity index (χ2n) is 7.74. The van der Waals surface area contributed by atoms with Gasteiger partial charge in [0.1, 0.15) is 29.4 Å². The second-order valence-corrected chi connectivity index (χ2v) is 7.74. The summed E-state index contributed by atoms with van der Waals surface area (Å²) in [5.41, 5.74) is 3.62. The standard InChI is InChI=1S/C25H24N2O5/c1-15-20(28)11-21(29)22(23(15)32-14-16-6-4-3-5-7-16)25(31)27-12-18-9-8-17(24(30)26-2)10-19(18)13-27/h3-11,28-29H,12-14H2,1-2H3,(H,26,30). The molecule has 4 rings (SSSR count). The maximum Gasteiger partial charge on any atom is 0.262 e. The molecule has 3 aromatic rings. The molecule has 3 aromatic carbocycles. The van der Waals surface area contributed by atoms with Gasteiger partial charge in [-0.1, -0.05) is 36.4 Å². The molecule has 0 aromatic heterocycles. The van der Waals surface area contributed by atoms with E-state index in [1.54, 1.807) is 31.0 Å². The molecule has 0 spiro atoms. The Hall–Kier alpha value is -4.00. The molecule has 0 atom stereocenters. The van der Waals surface area contributed by atoms with Crippen LogP contribution in [-0.2, 0) is 19.7 Å². The summed E-state index contributed by atoms with van der Waals surface area (Å²) in [6, 6.07) is 15.9. The smallest absolute Gasteiger partial charge is 0.262 e. The van der Waals surface area contributed by atoms with Gasteiger partial charge in [0.05, 0.1) is 0 Å². The van der Waals surface area contributed by atoms with E-state index in [-0.39, 0.29) is 35.3 Å². The molecular weight excluding hydrogens is 408 g/mol. The maximum absolute atomic E-state index is 13.4. The molecule has 7 nitrogen and oxygen atoms in total. The third-order valence-corrected chi connectivity index (χ3v) is 5.63. The molecule has 3 N–H and O–H groups in total. The Balaban J connectivity index is 1.63. The molecule has 0 fully saturated rings. The van der Waals surface area contributed by atoms with Gasteiger partial charge in [-0.25, -0.2) is 0 Å². The van der Waals surface area contributed by atoms with Crippen molar-refractivity contribution >= 4 is 11.8 Å². The Morgan fingerprint density at radius 3 is 2.44 bits per heavy atom. The minimum Gasteiger partial charge on any atom is -0.507 e. The minimum atomic E-state index is -0.411. The van der Waals surface area contributed by atoms with Gasteiger partial charge in [0.25, 0.3) is 11.8 Å². The molecule has 2 amide bonds. The van der Waals surface area contributed by atoms with Crippen LogP contribution in [-0.4, -0.2) is 34.0 Å². The highest BCUT2D eigenvalue weighted by molar-refractivity contribution is 6.01. The van der Waals surface area contributed by atoms with Crippen molar-refractivity contribution in [2.24, 2.45) is 0 Å². The fourth-order valence-electron chi connectivity index (χ4n) is 3.83. The van der Waals surface area contributed by atoms with E-state index in [1.807, 2.05) is 36.4 Å². The SMILES string of the molecule is CNC(=O)c1ccc2c(c1)CN(C(=O)c1c(O)cc(O)c(C)c1OCc1ccccc1)C2. The zero-order valence-electron chi connectivity index (χ0n) is 17.9. The van der Waals surface area contributed by atoms with Crippen LogP contribution in [0.4, 0.5) is 0 Å². The number of phenolic OH excluding ortho intramolecular Hbond substituents is 2. The van der Waals surface area contributed by atoms with Crippen molar-refractivity contribution in [1.82, 2.24) is 10.2 Å². The predicted octanol–water partition coefficient (Wildman–Crippen LogP) is 3.50. The number of ether oxygens (including phenoxy) is 1. The van der Waals surface area contributed by atoms with Crippen molar-refractivity contribution in [2.45, 2.75) is 26.6 Å². The second kappa shape index (κ2) is 8.63. The van der Waals surface area contributed by atoms with Crippen molar-refractivity contribution in [3.8, 4) is 17.2 Å². The molecule has 1 aliphatic heterocycles. The molecule has 0 aliphatic carbocycles. The molecule has 0 saturated carbocycles. The number of nitrogens with one attached hydrogen (secondary N) is 1. The summed E-state index contributed by atoms with van der Waals surface area (Å²) in [7, 11) is 1.57. The summed E-state index contributed by atoms with van der Waals surface area (Å²) in [5.74, 6) is -0.948. The van der Waals surface area contributed by atoms with Gasteiger partial charge in [-0.05, 0) is 35.7 Å². The Morgan fingerprint density at radius 1 is 1.00 bits per heavy atom. The quantitative estimate of drug-likeness (QED) is 0.573. The lowest BCUT2D eigenvalue weighted by Crippen LogP contribution is -2.26. The summed E-state index contributed by atoms with van der Waals surface area (Å²) >= 11 is 0. The summed E-state index contributed by atoms with van der Waals surface area (Å²) in [5, 5.41) is 23.3. The number of carbonyl (C=O) groups is 2. The first-order valence-corrected chi connectivity index (χ1v) is 10.2. The van der Waals surface area contributed by atoms with E-state index in [0.717, 1.165) is 22.8 Å². The number of hydrogen-bond donors (Lipinski definition) is 3. The zero-order chi connectivity index (χ0) is 22.8. The van der Waals surface area contributed by atoms with Gasteiger partial charge in [-0.15, -0.1) is 0 Å². The number of hydrogen-bond acceptors (Lipinski definition) is 5. The zero-order valence-corrected chi connectivity index (χ0v) is 17.9. The fraction of sp³-hybridized carbons (Fsp3) is 0.200. The van der Waals surface area contributed by atoms with Crippen LogP contribution >= 0.6 is 0 Å². The van der Waals surface area contributed by atoms with E-state index in [0.29, 0.717) is 24.2 Å². The van der Waals surface area contributed by atoms with E-state index in [2.05, 4.69) is 5.32 Å². The van der Waals surface area contributed by atoms with Gasteiger partial charge >= 0.3 is 0 Å². The topological polar surface area (TPSA) is 99.1 Å². The van der Waals surface area contributed by atoms with Gasteiger partial charge in [0.15, 0.2) is 0 Å². The van der Waals surface area contributed by atoms with E-state index in [4.69, 9.17) is 4.74 Å². The number of aromatic hydroxyl groups is 2. The molecule has 0 bridgehead atoms. The molecular formula is C25H24N2O5. The van der Waals surface area contributed by atoms with Gasteiger partial charge < -0.3 is 25.2 Å². The molecule has 0 saturated heterocycles. The van der Waals surface area contributed by atoms with Crippen molar-refractivity contribution < 1.29 is 24.5 Å². The summed E-state index contributed by atoms with van der Waals surface area (Å²) < 4.78 is 5.92. The highest BCUT2D eigenvalue weighted by Crippen LogP contribution is 2.40. The van der Waals surface area contributed by atoms with Crippen LogP contribution in [0.25, 0.3) is 0 Å². The molecule has 0 unspecified atom stereocenters. The highest BCUT2D eigenvalue weighted by Gasteiger charge is 2.30. The van der Waals surface area contributed by atoms with Crippen molar-refractivity contribution in [2.75, 3.05) is 7.05 Å².